The van der Waals surface area contributed by atoms with Gasteiger partial charge >= 0.3 is 0 Å². The lowest BCUT2D eigenvalue weighted by Crippen LogP contribution is -2.54. The van der Waals surface area contributed by atoms with Gasteiger partial charge in [0.25, 0.3) is 5.91 Å². The minimum Gasteiger partial charge on any atom is -0.396 e. The number of nitrogens with zero attached hydrogens (tertiary/aromatic N) is 4. The number of anilines is 2. The number of fused-ring (bicyclic) bond motifs is 1. The summed E-state index contributed by atoms with van der Waals surface area (Å²) in [6, 6.07) is 7.32. The number of ether oxygens (including phenoxy) is 1. The zero-order chi connectivity index (χ0) is 23.2. The molecule has 1 aliphatic rings. The fourth-order valence-electron chi connectivity index (χ4n) is 3.83. The number of amides is 1. The van der Waals surface area contributed by atoms with Crippen molar-refractivity contribution in [3.63, 3.8) is 0 Å². The van der Waals surface area contributed by atoms with Gasteiger partial charge in [-0.05, 0) is 36.2 Å². The van der Waals surface area contributed by atoms with Crippen molar-refractivity contribution in [1.82, 2.24) is 25.1 Å². The molecule has 1 aromatic carbocycles. The maximum absolute atomic E-state index is 12.2. The maximum atomic E-state index is 12.2. The van der Waals surface area contributed by atoms with Gasteiger partial charge in [-0.15, -0.1) is 0 Å². The van der Waals surface area contributed by atoms with Crippen LogP contribution in [-0.2, 0) is 4.74 Å². The highest BCUT2D eigenvalue weighted by atomic mass is 16.5. The molecule has 1 fully saturated rings. The Kier molecular flexibility index (Phi) is 4.91. The fraction of sp³-hybridized carbons (Fsp3) is 0.227. The highest BCUT2D eigenvalue weighted by Gasteiger charge is 2.36. The number of rotatable bonds is 6. The lowest BCUT2D eigenvalue weighted by atomic mass is 9.94. The van der Waals surface area contributed by atoms with Crippen molar-refractivity contribution >= 4 is 28.4 Å². The molecule has 11 nitrogen and oxygen atoms in total. The number of nitrogens with one attached hydrogen (secondary N) is 2. The van der Waals surface area contributed by atoms with Gasteiger partial charge < -0.3 is 26.6 Å². The Balaban J connectivity index is 1.61. The molecule has 33 heavy (non-hydrogen) atoms. The van der Waals surface area contributed by atoms with E-state index >= 15 is 0 Å². The lowest BCUT2D eigenvalue weighted by Gasteiger charge is -2.36. The van der Waals surface area contributed by atoms with E-state index in [1.54, 1.807) is 24.5 Å². The van der Waals surface area contributed by atoms with Crippen molar-refractivity contribution in [2.45, 2.75) is 12.5 Å². The number of hydrogen-bond acceptors (Lipinski definition) is 9. The molecule has 5 rings (SSSR count). The maximum Gasteiger partial charge on any atom is 0.269 e. The van der Waals surface area contributed by atoms with Crippen molar-refractivity contribution in [2.75, 3.05) is 30.8 Å². The second-order valence-electron chi connectivity index (χ2n) is 8.11. The molecule has 0 atom stereocenters. The lowest BCUT2D eigenvalue weighted by molar-refractivity contribution is -0.168. The van der Waals surface area contributed by atoms with Crippen molar-refractivity contribution in [1.29, 1.82) is 0 Å². The van der Waals surface area contributed by atoms with Crippen molar-refractivity contribution in [3.05, 3.63) is 47.9 Å². The number of hydrogen-bond donors (Lipinski definition) is 5. The Morgan fingerprint density at radius 1 is 1.27 bits per heavy atom. The average molecular weight is 446 g/mol. The molecule has 11 heteroatoms. The quantitative estimate of drug-likeness (QED) is 0.291. The number of nitrogen functional groups attached to an aromatic ring is 1. The van der Waals surface area contributed by atoms with Gasteiger partial charge in [0, 0.05) is 17.1 Å². The van der Waals surface area contributed by atoms with Crippen molar-refractivity contribution in [2.24, 2.45) is 5.73 Å². The summed E-state index contributed by atoms with van der Waals surface area (Å²) in [7, 11) is 0. The normalized spacial score (nSPS) is 14.7. The summed E-state index contributed by atoms with van der Waals surface area (Å²) in [4.78, 5) is 25.3. The molecule has 1 amide bonds. The van der Waals surface area contributed by atoms with E-state index in [4.69, 9.17) is 16.2 Å². The molecule has 4 heterocycles. The largest absolute Gasteiger partial charge is 0.396 e. The van der Waals surface area contributed by atoms with Crippen LogP contribution in [0.4, 0.5) is 11.6 Å². The van der Waals surface area contributed by atoms with Crippen LogP contribution in [0.2, 0.25) is 0 Å². The molecular weight excluding hydrogens is 424 g/mol. The van der Waals surface area contributed by atoms with Crippen LogP contribution in [0, 0.1) is 6.92 Å². The number of carbonyl (C=O) groups excluding carboxylic acids is 1. The van der Waals surface area contributed by atoms with Gasteiger partial charge in [0.05, 0.1) is 48.5 Å². The highest BCUT2D eigenvalue weighted by Crippen LogP contribution is 2.37. The van der Waals surface area contributed by atoms with E-state index in [0.717, 1.165) is 22.0 Å². The standard InChI is InChI=1S/C22H22N8O3/c1-11-2-3-14-13(7-27-30-14)17(11)12-6-16(28-19(18(12)23)20(24)31)15-4-5-25-21(29-15)26-8-22(32)9-33-10-22/h2-7,32H,8-10,23H2,1H3,(H2,24,31)(H,27,30)(H,25,26,29). The van der Waals surface area contributed by atoms with E-state index in [-0.39, 0.29) is 31.1 Å². The molecule has 0 bridgehead atoms. The zero-order valence-corrected chi connectivity index (χ0v) is 17.8. The number of aryl methyl sites for hydroxylation is 1. The van der Waals surface area contributed by atoms with E-state index < -0.39 is 11.5 Å². The van der Waals surface area contributed by atoms with Gasteiger partial charge in [0.1, 0.15) is 5.60 Å². The third-order valence-corrected chi connectivity index (χ3v) is 5.63. The predicted molar refractivity (Wildman–Crippen MR) is 122 cm³/mol. The molecule has 0 unspecified atom stereocenters. The van der Waals surface area contributed by atoms with E-state index in [1.807, 2.05) is 19.1 Å². The molecule has 0 saturated carbocycles. The first-order valence-electron chi connectivity index (χ1n) is 10.3. The number of aliphatic hydroxyl groups is 1. The SMILES string of the molecule is Cc1ccc2[nH]ncc2c1-c1cc(-c2ccnc(NCC3(O)COC3)n2)nc(C(N)=O)c1N. The van der Waals surface area contributed by atoms with Crippen LogP contribution < -0.4 is 16.8 Å². The molecule has 168 valence electrons. The minimum atomic E-state index is -0.939. The Hall–Kier alpha value is -4.09. The summed E-state index contributed by atoms with van der Waals surface area (Å²) in [6.07, 6.45) is 3.28. The summed E-state index contributed by atoms with van der Waals surface area (Å²) < 4.78 is 5.05. The molecule has 1 aliphatic heterocycles. The predicted octanol–water partition coefficient (Wildman–Crippen LogP) is 1.24. The summed E-state index contributed by atoms with van der Waals surface area (Å²) in [5.41, 5.74) is 15.2. The molecule has 7 N–H and O–H groups in total. The molecular formula is C22H22N8O3. The van der Waals surface area contributed by atoms with Gasteiger partial charge in [-0.3, -0.25) is 9.89 Å². The van der Waals surface area contributed by atoms with E-state index in [0.29, 0.717) is 22.9 Å². The highest BCUT2D eigenvalue weighted by molar-refractivity contribution is 6.05. The third-order valence-electron chi connectivity index (χ3n) is 5.63. The van der Waals surface area contributed by atoms with Crippen molar-refractivity contribution < 1.29 is 14.6 Å². The van der Waals surface area contributed by atoms with Crippen LogP contribution in [0.1, 0.15) is 16.1 Å². The molecule has 0 aliphatic carbocycles. The van der Waals surface area contributed by atoms with Crippen LogP contribution >= 0.6 is 0 Å². The van der Waals surface area contributed by atoms with Crippen LogP contribution in [0.3, 0.4) is 0 Å². The molecule has 0 spiro atoms. The first kappa shape index (κ1) is 20.8. The van der Waals surface area contributed by atoms with Crippen LogP contribution in [0.15, 0.2) is 36.7 Å². The topological polar surface area (TPSA) is 178 Å². The number of primary amides is 1. The first-order valence-corrected chi connectivity index (χ1v) is 10.3. The number of nitrogens with two attached hydrogens (primary N) is 2. The number of pyridine rings is 1. The number of carbonyl (C=O) groups is 1. The zero-order valence-electron chi connectivity index (χ0n) is 17.8. The Morgan fingerprint density at radius 3 is 2.82 bits per heavy atom. The Labute approximate surface area is 188 Å². The number of benzene rings is 1. The number of aromatic nitrogens is 5. The minimum absolute atomic E-state index is 0.0450. The first-order chi connectivity index (χ1) is 15.8. The van der Waals surface area contributed by atoms with Gasteiger partial charge in [-0.25, -0.2) is 15.0 Å². The van der Waals surface area contributed by atoms with Gasteiger partial charge in [-0.1, -0.05) is 6.07 Å². The fourth-order valence-corrected chi connectivity index (χ4v) is 3.83. The summed E-state index contributed by atoms with van der Waals surface area (Å²) in [5.74, 6) is -0.436. The second kappa shape index (κ2) is 7.80. The number of H-pyrrole nitrogens is 1. The monoisotopic (exact) mass is 446 g/mol. The summed E-state index contributed by atoms with van der Waals surface area (Å²) >= 11 is 0. The third kappa shape index (κ3) is 3.73. The van der Waals surface area contributed by atoms with Gasteiger partial charge in [0.15, 0.2) is 5.69 Å². The van der Waals surface area contributed by atoms with Gasteiger partial charge in [-0.2, -0.15) is 5.10 Å². The second-order valence-corrected chi connectivity index (χ2v) is 8.11. The Morgan fingerprint density at radius 2 is 2.09 bits per heavy atom. The van der Waals surface area contributed by atoms with E-state index in [2.05, 4.69) is 30.5 Å². The van der Waals surface area contributed by atoms with Crippen LogP contribution in [-0.4, -0.2) is 61.5 Å². The molecule has 1 saturated heterocycles. The summed E-state index contributed by atoms with van der Waals surface area (Å²) in [6.45, 7) is 2.70. The molecule has 3 aromatic heterocycles. The van der Waals surface area contributed by atoms with E-state index in [9.17, 15) is 9.90 Å². The molecule has 4 aromatic rings. The summed E-state index contributed by atoms with van der Waals surface area (Å²) in [5, 5.41) is 21.2. The molecule has 0 radical (unpaired) electrons. The van der Waals surface area contributed by atoms with Crippen LogP contribution in [0.25, 0.3) is 33.4 Å². The van der Waals surface area contributed by atoms with Crippen LogP contribution in [0.5, 0.6) is 0 Å². The van der Waals surface area contributed by atoms with Crippen molar-refractivity contribution in [3.8, 4) is 22.5 Å². The number of aromatic amines is 1. The Bertz CT molecular complexity index is 1380. The van der Waals surface area contributed by atoms with Gasteiger partial charge in [0.2, 0.25) is 5.95 Å². The smallest absolute Gasteiger partial charge is 0.269 e. The van der Waals surface area contributed by atoms with E-state index in [1.165, 1.54) is 0 Å². The average Bonchev–Trinajstić information content (AvgIpc) is 3.26.